The zero-order valence-electron chi connectivity index (χ0n) is 13.2. The van der Waals surface area contributed by atoms with Crippen molar-refractivity contribution in [3.63, 3.8) is 0 Å². The van der Waals surface area contributed by atoms with Gasteiger partial charge < -0.3 is 15.4 Å². The van der Waals surface area contributed by atoms with Crippen molar-refractivity contribution in [1.82, 2.24) is 9.80 Å². The third-order valence-corrected chi connectivity index (χ3v) is 4.53. The number of hydrogen-bond acceptors (Lipinski definition) is 4. The number of nitrogens with zero attached hydrogens (tertiary/aromatic N) is 2. The van der Waals surface area contributed by atoms with E-state index in [0.29, 0.717) is 6.54 Å². The predicted molar refractivity (Wildman–Crippen MR) is 81.5 cm³/mol. The van der Waals surface area contributed by atoms with Gasteiger partial charge in [0.2, 0.25) is 0 Å². The number of ether oxygens (including phenoxy) is 1. The average molecular weight is 271 g/mol. The van der Waals surface area contributed by atoms with E-state index in [1.807, 2.05) is 0 Å². The van der Waals surface area contributed by atoms with E-state index in [9.17, 15) is 0 Å². The summed E-state index contributed by atoms with van der Waals surface area (Å²) in [4.78, 5) is 5.04. The van der Waals surface area contributed by atoms with Gasteiger partial charge in [0.1, 0.15) is 0 Å². The average Bonchev–Trinajstić information content (AvgIpc) is 2.48. The summed E-state index contributed by atoms with van der Waals surface area (Å²) in [5, 5.41) is 0. The van der Waals surface area contributed by atoms with E-state index in [0.717, 1.165) is 45.8 Å². The molecule has 0 aromatic carbocycles. The van der Waals surface area contributed by atoms with Crippen molar-refractivity contribution in [2.45, 2.75) is 45.6 Å². The van der Waals surface area contributed by atoms with Gasteiger partial charge in [0, 0.05) is 19.7 Å². The summed E-state index contributed by atoms with van der Waals surface area (Å²) >= 11 is 0. The highest BCUT2D eigenvalue weighted by atomic mass is 16.5. The minimum Gasteiger partial charge on any atom is -0.379 e. The SMILES string of the molecule is CCN(CC)CCCN(CC)C1(CN)CCCOC1. The van der Waals surface area contributed by atoms with Crippen LogP contribution in [0.15, 0.2) is 0 Å². The minimum atomic E-state index is 0.0935. The lowest BCUT2D eigenvalue weighted by Crippen LogP contribution is -2.59. The maximum absolute atomic E-state index is 6.07. The molecule has 1 saturated heterocycles. The highest BCUT2D eigenvalue weighted by Crippen LogP contribution is 2.25. The Bertz CT molecular complexity index is 225. The molecule has 0 radical (unpaired) electrons. The maximum atomic E-state index is 6.07. The van der Waals surface area contributed by atoms with Crippen LogP contribution in [0.2, 0.25) is 0 Å². The van der Waals surface area contributed by atoms with Gasteiger partial charge in [-0.05, 0) is 45.4 Å². The van der Waals surface area contributed by atoms with Crippen LogP contribution < -0.4 is 5.73 Å². The van der Waals surface area contributed by atoms with Gasteiger partial charge in [-0.2, -0.15) is 0 Å². The zero-order chi connectivity index (χ0) is 14.1. The van der Waals surface area contributed by atoms with Crippen LogP contribution >= 0.6 is 0 Å². The molecule has 0 amide bonds. The molecule has 1 unspecified atom stereocenters. The molecular weight excluding hydrogens is 238 g/mol. The Hall–Kier alpha value is -0.160. The molecule has 4 nitrogen and oxygen atoms in total. The second-order valence-electron chi connectivity index (χ2n) is 5.54. The first-order valence-corrected chi connectivity index (χ1v) is 7.97. The first-order valence-electron chi connectivity index (χ1n) is 7.97. The summed E-state index contributed by atoms with van der Waals surface area (Å²) < 4.78 is 5.70. The Kier molecular flexibility index (Phi) is 7.91. The molecule has 2 N–H and O–H groups in total. The van der Waals surface area contributed by atoms with E-state index in [4.69, 9.17) is 10.5 Å². The lowest BCUT2D eigenvalue weighted by Gasteiger charge is -2.45. The van der Waals surface area contributed by atoms with E-state index in [-0.39, 0.29) is 5.54 Å². The third kappa shape index (κ3) is 4.71. The lowest BCUT2D eigenvalue weighted by molar-refractivity contribution is -0.0440. The smallest absolute Gasteiger partial charge is 0.0662 e. The Labute approximate surface area is 119 Å². The van der Waals surface area contributed by atoms with E-state index in [1.165, 1.54) is 19.4 Å². The van der Waals surface area contributed by atoms with Crippen LogP contribution in [0, 0.1) is 0 Å². The molecule has 0 bridgehead atoms. The Morgan fingerprint density at radius 2 is 1.84 bits per heavy atom. The molecule has 1 heterocycles. The summed E-state index contributed by atoms with van der Waals surface area (Å²) in [6.07, 6.45) is 3.55. The van der Waals surface area contributed by atoms with Gasteiger partial charge in [0.05, 0.1) is 12.1 Å². The molecule has 1 aliphatic heterocycles. The van der Waals surface area contributed by atoms with Gasteiger partial charge in [-0.1, -0.05) is 20.8 Å². The lowest BCUT2D eigenvalue weighted by atomic mass is 9.90. The summed E-state index contributed by atoms with van der Waals surface area (Å²) in [7, 11) is 0. The number of rotatable bonds is 9. The van der Waals surface area contributed by atoms with Crippen LogP contribution in [-0.2, 0) is 4.74 Å². The predicted octanol–water partition coefficient (Wildman–Crippen LogP) is 1.55. The van der Waals surface area contributed by atoms with Gasteiger partial charge in [-0.3, -0.25) is 4.90 Å². The molecule has 0 aliphatic carbocycles. The number of nitrogens with two attached hydrogens (primary N) is 1. The van der Waals surface area contributed by atoms with Crippen LogP contribution in [0.25, 0.3) is 0 Å². The van der Waals surface area contributed by atoms with Crippen LogP contribution in [0.1, 0.15) is 40.0 Å². The van der Waals surface area contributed by atoms with Crippen molar-refractivity contribution in [3.05, 3.63) is 0 Å². The minimum absolute atomic E-state index is 0.0935. The van der Waals surface area contributed by atoms with Gasteiger partial charge in [0.25, 0.3) is 0 Å². The van der Waals surface area contributed by atoms with Gasteiger partial charge in [-0.25, -0.2) is 0 Å². The van der Waals surface area contributed by atoms with Gasteiger partial charge in [0.15, 0.2) is 0 Å². The number of likely N-dealkylation sites (N-methyl/N-ethyl adjacent to an activating group) is 1. The highest BCUT2D eigenvalue weighted by Gasteiger charge is 2.36. The second kappa shape index (κ2) is 8.90. The second-order valence-corrected chi connectivity index (χ2v) is 5.54. The summed E-state index contributed by atoms with van der Waals surface area (Å²) in [6, 6.07) is 0. The van der Waals surface area contributed by atoms with Crippen LogP contribution in [0.5, 0.6) is 0 Å². The highest BCUT2D eigenvalue weighted by molar-refractivity contribution is 4.93. The number of hydrogen-bond donors (Lipinski definition) is 1. The molecule has 0 saturated carbocycles. The third-order valence-electron chi connectivity index (χ3n) is 4.53. The molecule has 0 spiro atoms. The molecule has 1 aliphatic rings. The van der Waals surface area contributed by atoms with Crippen molar-refractivity contribution in [1.29, 1.82) is 0 Å². The van der Waals surface area contributed by atoms with E-state index >= 15 is 0 Å². The largest absolute Gasteiger partial charge is 0.379 e. The van der Waals surface area contributed by atoms with Crippen molar-refractivity contribution in [2.75, 3.05) is 52.5 Å². The summed E-state index contributed by atoms with van der Waals surface area (Å²) in [5.74, 6) is 0. The van der Waals surface area contributed by atoms with Gasteiger partial charge >= 0.3 is 0 Å². The molecule has 1 rings (SSSR count). The van der Waals surface area contributed by atoms with Crippen molar-refractivity contribution < 1.29 is 4.74 Å². The maximum Gasteiger partial charge on any atom is 0.0662 e. The molecule has 19 heavy (non-hydrogen) atoms. The fourth-order valence-corrected chi connectivity index (χ4v) is 3.13. The van der Waals surface area contributed by atoms with Crippen LogP contribution in [0.3, 0.4) is 0 Å². The normalized spacial score (nSPS) is 24.3. The fraction of sp³-hybridized carbons (Fsp3) is 1.00. The van der Waals surface area contributed by atoms with E-state index in [1.54, 1.807) is 0 Å². The molecule has 4 heteroatoms. The van der Waals surface area contributed by atoms with Crippen LogP contribution in [0.4, 0.5) is 0 Å². The fourth-order valence-electron chi connectivity index (χ4n) is 3.13. The monoisotopic (exact) mass is 271 g/mol. The van der Waals surface area contributed by atoms with Gasteiger partial charge in [-0.15, -0.1) is 0 Å². The van der Waals surface area contributed by atoms with E-state index < -0.39 is 0 Å². The zero-order valence-corrected chi connectivity index (χ0v) is 13.2. The molecule has 1 atom stereocenters. The molecular formula is C15H33N3O. The molecule has 1 fully saturated rings. The quantitative estimate of drug-likeness (QED) is 0.691. The Morgan fingerprint density at radius 3 is 2.32 bits per heavy atom. The first-order chi connectivity index (χ1) is 9.22. The Balaban J connectivity index is 2.46. The molecule has 0 aromatic rings. The standard InChI is InChI=1S/C15H33N3O/c1-4-17(5-2)10-8-11-18(6-3)15(13-16)9-7-12-19-14-15/h4-14,16H2,1-3H3. The van der Waals surface area contributed by atoms with Crippen molar-refractivity contribution in [3.8, 4) is 0 Å². The topological polar surface area (TPSA) is 41.7 Å². The first kappa shape index (κ1) is 16.9. The molecule has 114 valence electrons. The van der Waals surface area contributed by atoms with Crippen LogP contribution in [-0.4, -0.2) is 67.8 Å². The van der Waals surface area contributed by atoms with Crippen molar-refractivity contribution in [2.24, 2.45) is 5.73 Å². The van der Waals surface area contributed by atoms with E-state index in [2.05, 4.69) is 30.6 Å². The van der Waals surface area contributed by atoms with Crippen molar-refractivity contribution >= 4 is 0 Å². The molecule has 0 aromatic heterocycles. The Morgan fingerprint density at radius 1 is 1.11 bits per heavy atom. The summed E-state index contributed by atoms with van der Waals surface area (Å²) in [6.45, 7) is 14.8. The summed E-state index contributed by atoms with van der Waals surface area (Å²) in [5.41, 5.74) is 6.16.